The van der Waals surface area contributed by atoms with Crippen molar-refractivity contribution in [2.75, 3.05) is 6.54 Å². The lowest BCUT2D eigenvalue weighted by molar-refractivity contribution is 0.112. The Kier molecular flexibility index (Phi) is 5.50. The van der Waals surface area contributed by atoms with Crippen LogP contribution in [0.3, 0.4) is 0 Å². The summed E-state index contributed by atoms with van der Waals surface area (Å²) in [5.41, 5.74) is 7.35. The molecule has 3 N–H and O–H groups in total. The van der Waals surface area contributed by atoms with Gasteiger partial charge in [-0.3, -0.25) is 4.90 Å². The number of nitrogens with zero attached hydrogens (tertiary/aromatic N) is 3. The normalized spacial score (nSPS) is 25.6. The van der Waals surface area contributed by atoms with Crippen LogP contribution in [0.4, 0.5) is 4.79 Å². The van der Waals surface area contributed by atoms with Crippen molar-refractivity contribution in [3.63, 3.8) is 0 Å². The largest absolute Gasteiger partial charge is 0.431 e. The van der Waals surface area contributed by atoms with Crippen LogP contribution in [0.2, 0.25) is 0 Å². The number of carbonyl (C=O) groups excluding carboxylic acids is 1. The van der Waals surface area contributed by atoms with Crippen LogP contribution in [0.5, 0.6) is 10.9 Å². The monoisotopic (exact) mass is 437 g/mol. The van der Waals surface area contributed by atoms with Crippen molar-refractivity contribution in [1.82, 2.24) is 20.2 Å². The summed E-state index contributed by atoms with van der Waals surface area (Å²) in [6, 6.07) is 13.0. The summed E-state index contributed by atoms with van der Waals surface area (Å²) in [4.78, 5) is 22.6. The van der Waals surface area contributed by atoms with Crippen LogP contribution in [0.15, 0.2) is 42.6 Å². The van der Waals surface area contributed by atoms with Crippen LogP contribution >= 0.6 is 11.3 Å². The molecule has 2 unspecified atom stereocenters. The number of urea groups is 1. The smallest absolute Gasteiger partial charge is 0.312 e. The molecule has 4 heterocycles. The standard InChI is InChI=1S/C23H27N5O2S/c1-14-11-17-12-16(26-22(24)29)13-19(14)28(17)10-8-15-4-6-18(7-5-15)30-23-27-21-20(31-23)3-2-9-25-21/h2-7,9,14,16-17,19H,8,10-13H2,1H3,(H3,24,26,29)/t14-,16-,17?,19?/m0/s1. The molecule has 7 nitrogen and oxygen atoms in total. The maximum atomic E-state index is 11.2. The van der Waals surface area contributed by atoms with Crippen molar-refractivity contribution >= 4 is 27.7 Å². The summed E-state index contributed by atoms with van der Waals surface area (Å²) in [6.45, 7) is 3.36. The maximum absolute atomic E-state index is 11.2. The Morgan fingerprint density at radius 3 is 2.84 bits per heavy atom. The van der Waals surface area contributed by atoms with Gasteiger partial charge in [-0.05, 0) is 61.4 Å². The molecule has 0 saturated carbocycles. The number of rotatable bonds is 6. The highest BCUT2D eigenvalue weighted by molar-refractivity contribution is 7.20. The summed E-state index contributed by atoms with van der Waals surface area (Å²) in [5, 5.41) is 3.53. The van der Waals surface area contributed by atoms with Gasteiger partial charge < -0.3 is 15.8 Å². The summed E-state index contributed by atoms with van der Waals surface area (Å²) < 4.78 is 6.95. The number of primary amides is 1. The molecule has 1 aromatic carbocycles. The molecule has 2 amide bonds. The number of aromatic nitrogens is 2. The number of hydrogen-bond acceptors (Lipinski definition) is 6. The van der Waals surface area contributed by atoms with Gasteiger partial charge in [0.25, 0.3) is 5.19 Å². The number of thiazole rings is 1. The molecule has 0 radical (unpaired) electrons. The van der Waals surface area contributed by atoms with E-state index < -0.39 is 6.03 Å². The van der Waals surface area contributed by atoms with Crippen molar-refractivity contribution in [3.8, 4) is 10.9 Å². The van der Waals surface area contributed by atoms with Gasteiger partial charge in [0, 0.05) is 30.9 Å². The van der Waals surface area contributed by atoms with Gasteiger partial charge >= 0.3 is 6.03 Å². The quantitative estimate of drug-likeness (QED) is 0.609. The third-order valence-electron chi connectivity index (χ3n) is 6.56. The molecule has 2 bridgehead atoms. The van der Waals surface area contributed by atoms with Gasteiger partial charge in [-0.25, -0.2) is 9.78 Å². The van der Waals surface area contributed by atoms with Crippen molar-refractivity contribution < 1.29 is 9.53 Å². The van der Waals surface area contributed by atoms with Gasteiger partial charge in [0.05, 0.1) is 4.70 Å². The van der Waals surface area contributed by atoms with Crippen molar-refractivity contribution in [1.29, 1.82) is 0 Å². The number of hydrogen-bond donors (Lipinski definition) is 2. The van der Waals surface area contributed by atoms with E-state index in [0.717, 1.165) is 41.9 Å². The first-order valence-corrected chi connectivity index (χ1v) is 11.7. The van der Waals surface area contributed by atoms with Crippen molar-refractivity contribution in [3.05, 3.63) is 48.2 Å². The average molecular weight is 438 g/mol. The molecule has 2 aliphatic rings. The summed E-state index contributed by atoms with van der Waals surface area (Å²) >= 11 is 1.50. The molecule has 31 heavy (non-hydrogen) atoms. The van der Waals surface area contributed by atoms with Crippen LogP contribution in [-0.2, 0) is 6.42 Å². The molecular formula is C23H27N5O2S. The van der Waals surface area contributed by atoms with E-state index in [4.69, 9.17) is 10.5 Å². The Balaban J connectivity index is 1.18. The predicted octanol–water partition coefficient (Wildman–Crippen LogP) is 3.94. The molecule has 0 aliphatic carbocycles. The molecule has 4 atom stereocenters. The minimum absolute atomic E-state index is 0.211. The Labute approximate surface area is 185 Å². The lowest BCUT2D eigenvalue weighted by Crippen LogP contribution is -2.52. The minimum Gasteiger partial charge on any atom is -0.431 e. The highest BCUT2D eigenvalue weighted by Gasteiger charge is 2.44. The SMILES string of the molecule is C[C@H]1CC2C[C@H](NC(N)=O)CC1N2CCc1ccc(Oc2nc3ncccc3s2)cc1. The average Bonchev–Trinajstić information content (AvgIpc) is 3.22. The second-order valence-corrected chi connectivity index (χ2v) is 9.64. The summed E-state index contributed by atoms with van der Waals surface area (Å²) in [5.74, 6) is 1.44. The summed E-state index contributed by atoms with van der Waals surface area (Å²) in [7, 11) is 0. The Hall–Kier alpha value is -2.71. The molecule has 2 aliphatic heterocycles. The number of nitrogens with one attached hydrogen (secondary N) is 1. The first kappa shape index (κ1) is 20.2. The number of piperidine rings is 1. The Morgan fingerprint density at radius 1 is 1.26 bits per heavy atom. The zero-order chi connectivity index (χ0) is 21.4. The Bertz CT molecular complexity index is 1040. The van der Waals surface area contributed by atoms with E-state index in [0.29, 0.717) is 23.2 Å². The second kappa shape index (κ2) is 8.43. The lowest BCUT2D eigenvalue weighted by Gasteiger charge is -2.39. The molecule has 5 rings (SSSR count). The fourth-order valence-corrected chi connectivity index (χ4v) is 5.97. The van der Waals surface area contributed by atoms with Crippen LogP contribution < -0.4 is 15.8 Å². The number of fused-ring (bicyclic) bond motifs is 3. The lowest BCUT2D eigenvalue weighted by atomic mass is 9.95. The molecule has 3 aromatic rings. The molecule has 0 spiro atoms. The van der Waals surface area contributed by atoms with Crippen LogP contribution in [0.25, 0.3) is 10.3 Å². The van der Waals surface area contributed by atoms with Crippen molar-refractivity contribution in [2.24, 2.45) is 11.7 Å². The molecule has 2 fully saturated rings. The highest BCUT2D eigenvalue weighted by Crippen LogP contribution is 2.39. The number of pyridine rings is 1. The fourth-order valence-electron chi connectivity index (χ4n) is 5.18. The minimum atomic E-state index is -0.407. The molecule has 2 aromatic heterocycles. The summed E-state index contributed by atoms with van der Waals surface area (Å²) in [6.07, 6.45) is 5.92. The number of benzene rings is 1. The third kappa shape index (κ3) is 4.36. The van der Waals surface area contributed by atoms with E-state index in [2.05, 4.69) is 39.2 Å². The maximum Gasteiger partial charge on any atom is 0.312 e. The van der Waals surface area contributed by atoms with Gasteiger partial charge in [-0.2, -0.15) is 4.98 Å². The molecule has 162 valence electrons. The number of amides is 2. The zero-order valence-electron chi connectivity index (χ0n) is 17.5. The molecule has 8 heteroatoms. The van der Waals surface area contributed by atoms with Gasteiger partial charge in [-0.15, -0.1) is 0 Å². The zero-order valence-corrected chi connectivity index (χ0v) is 18.3. The van der Waals surface area contributed by atoms with Crippen LogP contribution in [-0.4, -0.2) is 45.6 Å². The van der Waals surface area contributed by atoms with E-state index in [1.165, 1.54) is 23.3 Å². The van der Waals surface area contributed by atoms with Crippen LogP contribution in [0.1, 0.15) is 31.7 Å². The van der Waals surface area contributed by atoms with E-state index in [1.807, 2.05) is 24.3 Å². The fraction of sp³-hybridized carbons (Fsp3) is 0.435. The van der Waals surface area contributed by atoms with E-state index in [1.54, 1.807) is 6.20 Å². The van der Waals surface area contributed by atoms with E-state index in [-0.39, 0.29) is 6.04 Å². The topological polar surface area (TPSA) is 93.4 Å². The second-order valence-electron chi connectivity index (χ2n) is 8.65. The Morgan fingerprint density at radius 2 is 2.10 bits per heavy atom. The molecular weight excluding hydrogens is 410 g/mol. The number of carbonyl (C=O) groups is 1. The van der Waals surface area contributed by atoms with Crippen LogP contribution in [0, 0.1) is 5.92 Å². The van der Waals surface area contributed by atoms with Crippen molar-refractivity contribution in [2.45, 2.75) is 50.7 Å². The predicted molar refractivity (Wildman–Crippen MR) is 121 cm³/mol. The van der Waals surface area contributed by atoms with E-state index >= 15 is 0 Å². The van der Waals surface area contributed by atoms with Gasteiger partial charge in [0.2, 0.25) is 0 Å². The van der Waals surface area contributed by atoms with Gasteiger partial charge in [-0.1, -0.05) is 30.4 Å². The van der Waals surface area contributed by atoms with Gasteiger partial charge in [0.1, 0.15) is 5.75 Å². The number of nitrogens with two attached hydrogens (primary N) is 1. The third-order valence-corrected chi connectivity index (χ3v) is 7.45. The van der Waals surface area contributed by atoms with Gasteiger partial charge in [0.15, 0.2) is 5.65 Å². The number of ether oxygens (including phenoxy) is 1. The first-order chi connectivity index (χ1) is 15.0. The first-order valence-electron chi connectivity index (χ1n) is 10.9. The van der Waals surface area contributed by atoms with E-state index in [9.17, 15) is 4.79 Å². The highest BCUT2D eigenvalue weighted by atomic mass is 32.1. The molecule has 2 saturated heterocycles.